The smallest absolute Gasteiger partial charge is 0.279 e. The molecule has 6 nitrogen and oxygen atoms in total. The fraction of sp³-hybridized carbons (Fsp3) is 0.357. The lowest BCUT2D eigenvalue weighted by molar-refractivity contribution is -0.384. The number of aromatic nitrogens is 1. The Hall–Kier alpha value is -2.37. The van der Waals surface area contributed by atoms with Gasteiger partial charge in [-0.25, -0.2) is 0 Å². The van der Waals surface area contributed by atoms with Gasteiger partial charge in [-0.05, 0) is 24.8 Å². The van der Waals surface area contributed by atoms with Crippen molar-refractivity contribution < 1.29 is 9.45 Å². The molecule has 0 aliphatic carbocycles. The summed E-state index contributed by atoms with van der Waals surface area (Å²) in [7, 11) is 0. The first-order valence-corrected chi connectivity index (χ1v) is 6.40. The zero-order chi connectivity index (χ0) is 14.9. The Morgan fingerprint density at radius 3 is 2.75 bits per heavy atom. The van der Waals surface area contributed by atoms with E-state index in [1.54, 1.807) is 6.07 Å². The van der Waals surface area contributed by atoms with E-state index in [0.717, 1.165) is 11.1 Å². The summed E-state index contributed by atoms with van der Waals surface area (Å²) in [5.74, 6) is 0.574. The molecular weight excluding hydrogens is 258 g/mol. The lowest BCUT2D eigenvalue weighted by Crippen LogP contribution is -2.01. The van der Waals surface area contributed by atoms with Crippen molar-refractivity contribution in [2.24, 2.45) is 5.92 Å². The fourth-order valence-electron chi connectivity index (χ4n) is 2.24. The summed E-state index contributed by atoms with van der Waals surface area (Å²) in [5.41, 5.74) is 8.28. The van der Waals surface area contributed by atoms with Crippen LogP contribution in [0.3, 0.4) is 0 Å². The highest BCUT2D eigenvalue weighted by atomic mass is 16.6. The second-order valence-corrected chi connectivity index (χ2v) is 5.20. The standard InChI is InChI=1S/C14H17N3O3/c1-8(2)7-10-13(16-20-14(10)15)12-9(3)5-4-6-11(12)17(18)19/h4-6,8H,7,15H2,1-3H3. The minimum absolute atomic E-state index is 0.0170. The van der Waals surface area contributed by atoms with Crippen LogP contribution in [0.2, 0.25) is 0 Å². The van der Waals surface area contributed by atoms with Crippen molar-refractivity contribution in [2.75, 3.05) is 5.73 Å². The second kappa shape index (κ2) is 5.32. The maximum Gasteiger partial charge on any atom is 0.279 e. The van der Waals surface area contributed by atoms with E-state index in [9.17, 15) is 10.1 Å². The number of nitrogens with two attached hydrogens (primary N) is 1. The van der Waals surface area contributed by atoms with Gasteiger partial charge in [0.25, 0.3) is 5.69 Å². The Labute approximate surface area is 116 Å². The molecule has 0 fully saturated rings. The molecule has 0 atom stereocenters. The number of hydrogen-bond acceptors (Lipinski definition) is 5. The Bertz CT molecular complexity index is 647. The molecule has 0 spiro atoms. The van der Waals surface area contributed by atoms with Crippen LogP contribution in [0.4, 0.5) is 11.6 Å². The zero-order valence-electron chi connectivity index (χ0n) is 11.7. The van der Waals surface area contributed by atoms with Gasteiger partial charge in [0.1, 0.15) is 5.69 Å². The van der Waals surface area contributed by atoms with Crippen LogP contribution in [-0.4, -0.2) is 10.1 Å². The summed E-state index contributed by atoms with van der Waals surface area (Å²) in [4.78, 5) is 10.8. The third kappa shape index (κ3) is 2.49. The van der Waals surface area contributed by atoms with Gasteiger partial charge in [-0.2, -0.15) is 0 Å². The normalized spacial score (nSPS) is 11.0. The molecular formula is C14H17N3O3. The Morgan fingerprint density at radius 2 is 2.15 bits per heavy atom. The minimum atomic E-state index is -0.410. The SMILES string of the molecule is Cc1cccc([N+](=O)[O-])c1-c1noc(N)c1CC(C)C. The summed E-state index contributed by atoms with van der Waals surface area (Å²) >= 11 is 0. The van der Waals surface area contributed by atoms with Gasteiger partial charge in [-0.1, -0.05) is 31.1 Å². The maximum absolute atomic E-state index is 11.2. The molecule has 0 bridgehead atoms. The van der Waals surface area contributed by atoms with E-state index in [-0.39, 0.29) is 11.6 Å². The van der Waals surface area contributed by atoms with E-state index in [2.05, 4.69) is 5.16 Å². The van der Waals surface area contributed by atoms with Gasteiger partial charge in [0.2, 0.25) is 5.88 Å². The third-order valence-corrected chi connectivity index (χ3v) is 3.12. The van der Waals surface area contributed by atoms with Crippen LogP contribution in [-0.2, 0) is 6.42 Å². The van der Waals surface area contributed by atoms with E-state index in [1.807, 2.05) is 26.8 Å². The fourth-order valence-corrected chi connectivity index (χ4v) is 2.24. The molecule has 1 heterocycles. The zero-order valence-corrected chi connectivity index (χ0v) is 11.7. The summed E-state index contributed by atoms with van der Waals surface area (Å²) in [5, 5.41) is 15.1. The van der Waals surface area contributed by atoms with Gasteiger partial charge in [-0.15, -0.1) is 0 Å². The Morgan fingerprint density at radius 1 is 1.45 bits per heavy atom. The van der Waals surface area contributed by atoms with Crippen LogP contribution >= 0.6 is 0 Å². The van der Waals surface area contributed by atoms with Crippen LogP contribution in [0.5, 0.6) is 0 Å². The van der Waals surface area contributed by atoms with Gasteiger partial charge in [-0.3, -0.25) is 10.1 Å². The molecule has 2 rings (SSSR count). The summed E-state index contributed by atoms with van der Waals surface area (Å²) in [6, 6.07) is 4.93. The predicted molar refractivity (Wildman–Crippen MR) is 76.3 cm³/mol. The highest BCUT2D eigenvalue weighted by Gasteiger charge is 2.25. The van der Waals surface area contributed by atoms with Crippen LogP contribution < -0.4 is 5.73 Å². The van der Waals surface area contributed by atoms with Gasteiger partial charge in [0, 0.05) is 11.6 Å². The summed E-state index contributed by atoms with van der Waals surface area (Å²) in [6.07, 6.45) is 0.663. The largest absolute Gasteiger partial charge is 0.367 e. The number of nitrogen functional groups attached to an aromatic ring is 1. The van der Waals surface area contributed by atoms with Crippen molar-refractivity contribution >= 4 is 11.6 Å². The van der Waals surface area contributed by atoms with Gasteiger partial charge in [0.15, 0.2) is 0 Å². The first-order valence-electron chi connectivity index (χ1n) is 6.40. The lowest BCUT2D eigenvalue weighted by atomic mass is 9.96. The summed E-state index contributed by atoms with van der Waals surface area (Å²) in [6.45, 7) is 5.90. The highest BCUT2D eigenvalue weighted by Crippen LogP contribution is 2.37. The lowest BCUT2D eigenvalue weighted by Gasteiger charge is -2.08. The van der Waals surface area contributed by atoms with E-state index < -0.39 is 4.92 Å². The van der Waals surface area contributed by atoms with E-state index >= 15 is 0 Å². The monoisotopic (exact) mass is 275 g/mol. The molecule has 20 heavy (non-hydrogen) atoms. The van der Waals surface area contributed by atoms with E-state index in [0.29, 0.717) is 23.6 Å². The number of aryl methyl sites for hydroxylation is 1. The van der Waals surface area contributed by atoms with E-state index in [4.69, 9.17) is 10.3 Å². The third-order valence-electron chi connectivity index (χ3n) is 3.12. The number of nitro groups is 1. The number of nitrogens with zero attached hydrogens (tertiary/aromatic N) is 2. The molecule has 0 aliphatic rings. The first-order chi connectivity index (χ1) is 9.41. The van der Waals surface area contributed by atoms with Crippen LogP contribution in [0, 0.1) is 23.0 Å². The van der Waals surface area contributed by atoms with Crippen LogP contribution in [0.1, 0.15) is 25.0 Å². The Kier molecular flexibility index (Phi) is 3.74. The molecule has 2 aromatic rings. The van der Waals surface area contributed by atoms with Crippen molar-refractivity contribution in [1.29, 1.82) is 0 Å². The average Bonchev–Trinajstić information content (AvgIpc) is 2.70. The van der Waals surface area contributed by atoms with Gasteiger partial charge < -0.3 is 10.3 Å². The molecule has 1 aromatic carbocycles. The molecule has 0 saturated carbocycles. The molecule has 1 aromatic heterocycles. The number of rotatable bonds is 4. The Balaban J connectivity index is 2.66. The molecule has 0 radical (unpaired) electrons. The molecule has 0 saturated heterocycles. The molecule has 2 N–H and O–H groups in total. The van der Waals surface area contributed by atoms with Crippen molar-refractivity contribution in [3.05, 3.63) is 39.4 Å². The number of benzene rings is 1. The minimum Gasteiger partial charge on any atom is -0.367 e. The topological polar surface area (TPSA) is 95.2 Å². The average molecular weight is 275 g/mol. The van der Waals surface area contributed by atoms with Crippen LogP contribution in [0.25, 0.3) is 11.3 Å². The molecule has 0 aliphatic heterocycles. The molecule has 106 valence electrons. The quantitative estimate of drug-likeness (QED) is 0.682. The molecule has 0 amide bonds. The van der Waals surface area contributed by atoms with Crippen molar-refractivity contribution in [3.8, 4) is 11.3 Å². The predicted octanol–water partition coefficient (Wildman–Crippen LogP) is 3.34. The van der Waals surface area contributed by atoms with E-state index in [1.165, 1.54) is 6.07 Å². The first kappa shape index (κ1) is 14.0. The number of hydrogen-bond donors (Lipinski definition) is 1. The van der Waals surface area contributed by atoms with Crippen LogP contribution in [0.15, 0.2) is 22.7 Å². The van der Waals surface area contributed by atoms with Gasteiger partial charge in [0.05, 0.1) is 10.5 Å². The van der Waals surface area contributed by atoms with Crippen molar-refractivity contribution in [2.45, 2.75) is 27.2 Å². The summed E-state index contributed by atoms with van der Waals surface area (Å²) < 4.78 is 5.05. The maximum atomic E-state index is 11.2. The second-order valence-electron chi connectivity index (χ2n) is 5.20. The molecule has 0 unspecified atom stereocenters. The number of nitro benzene ring substituents is 1. The van der Waals surface area contributed by atoms with Crippen molar-refractivity contribution in [3.63, 3.8) is 0 Å². The highest BCUT2D eigenvalue weighted by molar-refractivity contribution is 5.78. The number of anilines is 1. The van der Waals surface area contributed by atoms with Crippen molar-refractivity contribution in [1.82, 2.24) is 5.16 Å². The molecule has 6 heteroatoms. The van der Waals surface area contributed by atoms with Gasteiger partial charge >= 0.3 is 0 Å².